The Morgan fingerprint density at radius 3 is 2.09 bits per heavy atom. The van der Waals surface area contributed by atoms with Gasteiger partial charge in [-0.15, -0.1) is 0 Å². The smallest absolute Gasteiger partial charge is 0.254 e. The number of amides is 2. The van der Waals surface area contributed by atoms with Crippen LogP contribution in [0.15, 0.2) is 29.2 Å². The Balaban J connectivity index is 2.79. The van der Waals surface area contributed by atoms with E-state index < -0.39 is 10.0 Å². The predicted molar refractivity (Wildman–Crippen MR) is 87.5 cm³/mol. The molecule has 0 fully saturated rings. The standard InChI is InChI=1S/C15H23N3O4S/c1-15(2,3)17-13(19)10-18(5)14(20)11-6-8-12(9-7-11)23(21,22)16-4/h6-9,16H,10H2,1-5H3,(H,17,19). The summed E-state index contributed by atoms with van der Waals surface area (Å²) in [6.07, 6.45) is 0. The normalized spacial score (nSPS) is 11.9. The number of rotatable bonds is 5. The summed E-state index contributed by atoms with van der Waals surface area (Å²) in [7, 11) is -0.707. The molecule has 0 aliphatic carbocycles. The summed E-state index contributed by atoms with van der Waals surface area (Å²) in [6.45, 7) is 5.49. The average Bonchev–Trinajstić information content (AvgIpc) is 2.44. The first-order valence-electron chi connectivity index (χ1n) is 7.06. The summed E-state index contributed by atoms with van der Waals surface area (Å²) in [5.74, 6) is -0.620. The first-order valence-corrected chi connectivity index (χ1v) is 8.54. The Morgan fingerprint density at radius 2 is 1.65 bits per heavy atom. The molecule has 0 saturated carbocycles. The van der Waals surface area contributed by atoms with Gasteiger partial charge >= 0.3 is 0 Å². The van der Waals surface area contributed by atoms with Crippen LogP contribution in [0.1, 0.15) is 31.1 Å². The molecule has 1 aromatic rings. The predicted octanol–water partition coefficient (Wildman–Crippen LogP) is 0.581. The van der Waals surface area contributed by atoms with E-state index in [1.807, 2.05) is 20.8 Å². The van der Waals surface area contributed by atoms with Gasteiger partial charge in [-0.3, -0.25) is 9.59 Å². The lowest BCUT2D eigenvalue weighted by atomic mass is 10.1. The minimum absolute atomic E-state index is 0.0738. The van der Waals surface area contributed by atoms with Crippen molar-refractivity contribution in [2.75, 3.05) is 20.6 Å². The second-order valence-electron chi connectivity index (χ2n) is 6.19. The van der Waals surface area contributed by atoms with Crippen molar-refractivity contribution in [1.29, 1.82) is 0 Å². The van der Waals surface area contributed by atoms with Gasteiger partial charge in [0.2, 0.25) is 15.9 Å². The highest BCUT2D eigenvalue weighted by Gasteiger charge is 2.19. The lowest BCUT2D eigenvalue weighted by Gasteiger charge is -2.23. The van der Waals surface area contributed by atoms with Gasteiger partial charge < -0.3 is 10.2 Å². The molecule has 0 atom stereocenters. The van der Waals surface area contributed by atoms with Crippen LogP contribution < -0.4 is 10.0 Å². The van der Waals surface area contributed by atoms with Crippen LogP contribution in [-0.4, -0.2) is 51.3 Å². The molecule has 0 radical (unpaired) electrons. The van der Waals surface area contributed by atoms with Crippen LogP contribution in [-0.2, 0) is 14.8 Å². The summed E-state index contributed by atoms with van der Waals surface area (Å²) < 4.78 is 25.5. The third-order valence-electron chi connectivity index (χ3n) is 2.92. The van der Waals surface area contributed by atoms with Gasteiger partial charge in [0.1, 0.15) is 0 Å². The molecule has 0 heterocycles. The Morgan fingerprint density at radius 1 is 1.13 bits per heavy atom. The lowest BCUT2D eigenvalue weighted by molar-refractivity contribution is -0.122. The number of likely N-dealkylation sites (N-methyl/N-ethyl adjacent to an activating group) is 1. The first-order chi connectivity index (χ1) is 10.5. The second kappa shape index (κ2) is 7.10. The van der Waals surface area contributed by atoms with E-state index in [9.17, 15) is 18.0 Å². The highest BCUT2D eigenvalue weighted by Crippen LogP contribution is 2.11. The summed E-state index contributed by atoms with van der Waals surface area (Å²) in [5.41, 5.74) is -0.0597. The van der Waals surface area contributed by atoms with E-state index in [1.54, 1.807) is 0 Å². The molecule has 0 saturated heterocycles. The van der Waals surface area contributed by atoms with Crippen molar-refractivity contribution in [2.45, 2.75) is 31.2 Å². The van der Waals surface area contributed by atoms with E-state index in [4.69, 9.17) is 0 Å². The van der Waals surface area contributed by atoms with Crippen LogP contribution >= 0.6 is 0 Å². The van der Waals surface area contributed by atoms with E-state index in [1.165, 1.54) is 43.3 Å². The van der Waals surface area contributed by atoms with Crippen LogP contribution in [0.5, 0.6) is 0 Å². The molecule has 0 spiro atoms. The van der Waals surface area contributed by atoms with E-state index in [-0.39, 0.29) is 28.8 Å². The third kappa shape index (κ3) is 5.65. The summed E-state index contributed by atoms with van der Waals surface area (Å²) in [6, 6.07) is 5.54. The van der Waals surface area contributed by atoms with Crippen molar-refractivity contribution < 1.29 is 18.0 Å². The zero-order valence-electron chi connectivity index (χ0n) is 14.0. The SMILES string of the molecule is CNS(=O)(=O)c1ccc(C(=O)N(C)CC(=O)NC(C)(C)C)cc1. The quantitative estimate of drug-likeness (QED) is 0.819. The molecule has 0 aliphatic rings. The molecule has 2 amide bonds. The van der Waals surface area contributed by atoms with Gasteiger partial charge in [0.05, 0.1) is 11.4 Å². The van der Waals surface area contributed by atoms with Crippen molar-refractivity contribution in [1.82, 2.24) is 14.9 Å². The largest absolute Gasteiger partial charge is 0.350 e. The molecule has 128 valence electrons. The van der Waals surface area contributed by atoms with Crippen LogP contribution in [0.4, 0.5) is 0 Å². The maximum absolute atomic E-state index is 12.3. The molecule has 23 heavy (non-hydrogen) atoms. The average molecular weight is 341 g/mol. The molecule has 0 bridgehead atoms. The maximum atomic E-state index is 12.3. The number of nitrogens with one attached hydrogen (secondary N) is 2. The number of carbonyl (C=O) groups is 2. The fourth-order valence-corrected chi connectivity index (χ4v) is 2.59. The number of carbonyl (C=O) groups excluding carboxylic acids is 2. The molecule has 0 aromatic heterocycles. The minimum atomic E-state index is -3.54. The number of nitrogens with zero attached hydrogens (tertiary/aromatic N) is 1. The molecule has 0 unspecified atom stereocenters. The van der Waals surface area contributed by atoms with Gasteiger partial charge in [0.25, 0.3) is 5.91 Å². The molecular weight excluding hydrogens is 318 g/mol. The zero-order chi connectivity index (χ0) is 17.8. The Kier molecular flexibility index (Phi) is 5.90. The fraction of sp³-hybridized carbons (Fsp3) is 0.467. The Labute approximate surface area is 137 Å². The molecule has 2 N–H and O–H groups in total. The first kappa shape index (κ1) is 19.1. The highest BCUT2D eigenvalue weighted by atomic mass is 32.2. The summed E-state index contributed by atoms with van der Waals surface area (Å²) >= 11 is 0. The third-order valence-corrected chi connectivity index (χ3v) is 4.35. The molecule has 7 nitrogen and oxygen atoms in total. The molecule has 8 heteroatoms. The van der Waals surface area contributed by atoms with Crippen molar-refractivity contribution in [3.63, 3.8) is 0 Å². The van der Waals surface area contributed by atoms with E-state index in [2.05, 4.69) is 10.0 Å². The topological polar surface area (TPSA) is 95.6 Å². The highest BCUT2D eigenvalue weighted by molar-refractivity contribution is 7.89. The molecule has 1 rings (SSSR count). The van der Waals surface area contributed by atoms with Crippen LogP contribution in [0.3, 0.4) is 0 Å². The molecule has 1 aromatic carbocycles. The minimum Gasteiger partial charge on any atom is -0.350 e. The van der Waals surface area contributed by atoms with E-state index >= 15 is 0 Å². The van der Waals surface area contributed by atoms with Crippen LogP contribution in [0, 0.1) is 0 Å². The summed E-state index contributed by atoms with van der Waals surface area (Å²) in [4.78, 5) is 25.4. The van der Waals surface area contributed by atoms with E-state index in [0.29, 0.717) is 5.56 Å². The Bertz CT molecular complexity index is 676. The second-order valence-corrected chi connectivity index (χ2v) is 8.08. The number of sulfonamides is 1. The summed E-state index contributed by atoms with van der Waals surface area (Å²) in [5, 5.41) is 2.77. The molecular formula is C15H23N3O4S. The van der Waals surface area contributed by atoms with Crippen molar-refractivity contribution in [3.05, 3.63) is 29.8 Å². The lowest BCUT2D eigenvalue weighted by Crippen LogP contribution is -2.46. The van der Waals surface area contributed by atoms with Gasteiger partial charge in [-0.2, -0.15) is 0 Å². The van der Waals surface area contributed by atoms with Gasteiger partial charge in [-0.05, 0) is 52.1 Å². The van der Waals surface area contributed by atoms with Crippen molar-refractivity contribution >= 4 is 21.8 Å². The Hall–Kier alpha value is -1.93. The van der Waals surface area contributed by atoms with E-state index in [0.717, 1.165) is 0 Å². The van der Waals surface area contributed by atoms with Crippen LogP contribution in [0.25, 0.3) is 0 Å². The number of hydrogen-bond acceptors (Lipinski definition) is 4. The van der Waals surface area contributed by atoms with Gasteiger partial charge in [-0.25, -0.2) is 13.1 Å². The van der Waals surface area contributed by atoms with Crippen molar-refractivity contribution in [2.24, 2.45) is 0 Å². The van der Waals surface area contributed by atoms with Crippen LogP contribution in [0.2, 0.25) is 0 Å². The van der Waals surface area contributed by atoms with Crippen molar-refractivity contribution in [3.8, 4) is 0 Å². The zero-order valence-corrected chi connectivity index (χ0v) is 14.8. The fourth-order valence-electron chi connectivity index (χ4n) is 1.86. The van der Waals surface area contributed by atoms with Gasteiger partial charge in [0.15, 0.2) is 0 Å². The number of benzene rings is 1. The molecule has 0 aliphatic heterocycles. The monoisotopic (exact) mass is 341 g/mol. The van der Waals surface area contributed by atoms with Gasteiger partial charge in [-0.1, -0.05) is 0 Å². The maximum Gasteiger partial charge on any atom is 0.254 e. The van der Waals surface area contributed by atoms with Gasteiger partial charge in [0, 0.05) is 18.2 Å². The number of hydrogen-bond donors (Lipinski definition) is 2.